The zero-order valence-electron chi connectivity index (χ0n) is 11.8. The summed E-state index contributed by atoms with van der Waals surface area (Å²) in [5.41, 5.74) is -1.24. The third-order valence-electron chi connectivity index (χ3n) is 2.33. The lowest BCUT2D eigenvalue weighted by Gasteiger charge is -2.25. The summed E-state index contributed by atoms with van der Waals surface area (Å²) in [6, 6.07) is 4.35. The van der Waals surface area contributed by atoms with Crippen LogP contribution < -0.4 is 9.44 Å². The molecule has 1 aromatic rings. The van der Waals surface area contributed by atoms with Crippen molar-refractivity contribution < 1.29 is 16.8 Å². The van der Waals surface area contributed by atoms with Crippen molar-refractivity contribution >= 4 is 20.0 Å². The Kier molecular flexibility index (Phi) is 5.06. The molecule has 0 atom stereocenters. The maximum Gasteiger partial charge on any atom is 0.243 e. The summed E-state index contributed by atoms with van der Waals surface area (Å²) in [5, 5.41) is 8.87. The number of sulfonamides is 2. The topological polar surface area (TPSA) is 129 Å². The fourth-order valence-electron chi connectivity index (χ4n) is 1.58. The van der Waals surface area contributed by atoms with E-state index in [0.717, 1.165) is 6.26 Å². The van der Waals surface area contributed by atoms with Gasteiger partial charge in [-0.25, -0.2) is 31.3 Å². The van der Waals surface area contributed by atoms with Crippen LogP contribution in [0.2, 0.25) is 0 Å². The molecule has 0 aliphatic carbocycles. The number of hydrogen-bond donors (Lipinski definition) is 2. The highest BCUT2D eigenvalue weighted by Crippen LogP contribution is 2.13. The maximum atomic E-state index is 12.1. The highest BCUT2D eigenvalue weighted by atomic mass is 32.2. The molecule has 0 aliphatic heterocycles. The van der Waals surface area contributed by atoms with E-state index in [0.29, 0.717) is 0 Å². The Labute approximate surface area is 124 Å². The molecule has 1 aromatic heterocycles. The summed E-state index contributed by atoms with van der Waals surface area (Å²) >= 11 is 0. The number of nitriles is 1. The molecule has 21 heavy (non-hydrogen) atoms. The molecule has 0 saturated carbocycles. The van der Waals surface area contributed by atoms with Gasteiger partial charge in [0.1, 0.15) is 11.0 Å². The molecule has 0 radical (unpaired) electrons. The summed E-state index contributed by atoms with van der Waals surface area (Å²) in [7, 11) is -7.44. The average molecular weight is 332 g/mol. The highest BCUT2D eigenvalue weighted by Gasteiger charge is 2.26. The van der Waals surface area contributed by atoms with Crippen LogP contribution in [0.5, 0.6) is 0 Å². The predicted molar refractivity (Wildman–Crippen MR) is 76.2 cm³/mol. The van der Waals surface area contributed by atoms with Crippen LogP contribution in [0.4, 0.5) is 0 Å². The third kappa shape index (κ3) is 5.39. The Morgan fingerprint density at radius 3 is 2.48 bits per heavy atom. The van der Waals surface area contributed by atoms with Crippen LogP contribution in [0.25, 0.3) is 0 Å². The average Bonchev–Trinajstić information content (AvgIpc) is 2.34. The van der Waals surface area contributed by atoms with E-state index in [2.05, 4.69) is 14.4 Å². The molecule has 0 aromatic carbocycles. The molecule has 0 saturated heterocycles. The van der Waals surface area contributed by atoms with Gasteiger partial charge in [0.15, 0.2) is 5.69 Å². The van der Waals surface area contributed by atoms with Gasteiger partial charge in [-0.2, -0.15) is 5.26 Å². The van der Waals surface area contributed by atoms with Crippen molar-refractivity contribution in [3.63, 3.8) is 0 Å². The van der Waals surface area contributed by atoms with Gasteiger partial charge in [0.2, 0.25) is 20.0 Å². The summed E-state index contributed by atoms with van der Waals surface area (Å²) in [5.74, 6) is 0. The van der Waals surface area contributed by atoms with E-state index in [1.54, 1.807) is 6.07 Å². The van der Waals surface area contributed by atoms with Crippen LogP contribution in [0.1, 0.15) is 19.5 Å². The molecule has 116 valence electrons. The second-order valence-corrected chi connectivity index (χ2v) is 8.53. The lowest BCUT2D eigenvalue weighted by atomic mass is 10.1. The van der Waals surface area contributed by atoms with Crippen LogP contribution >= 0.6 is 0 Å². The maximum absolute atomic E-state index is 12.1. The van der Waals surface area contributed by atoms with Crippen LogP contribution in [-0.4, -0.2) is 40.2 Å². The third-order valence-corrected chi connectivity index (χ3v) is 4.69. The zero-order valence-corrected chi connectivity index (χ0v) is 13.4. The smallest absolute Gasteiger partial charge is 0.243 e. The Balaban J connectivity index is 2.95. The Morgan fingerprint density at radius 2 is 1.95 bits per heavy atom. The van der Waals surface area contributed by atoms with Crippen molar-refractivity contribution in [2.24, 2.45) is 0 Å². The van der Waals surface area contributed by atoms with Crippen LogP contribution in [-0.2, 0) is 20.0 Å². The summed E-state index contributed by atoms with van der Waals surface area (Å²) in [6.45, 7) is 2.89. The van der Waals surface area contributed by atoms with Gasteiger partial charge in [-0.05, 0) is 26.0 Å². The summed E-state index contributed by atoms with van der Waals surface area (Å²) in [4.78, 5) is 3.43. The Hall–Kier alpha value is -1.54. The standard InChI is InChI=1S/C11H16N4O4S2/c1-11(2,15-20(3,16)17)8-14-21(18,19)10-5-4-6-13-9(10)7-12/h4-6,14-15H,8H2,1-3H3. The van der Waals surface area contributed by atoms with Gasteiger partial charge in [-0.1, -0.05) is 0 Å². The number of hydrogen-bond acceptors (Lipinski definition) is 6. The fraction of sp³-hybridized carbons (Fsp3) is 0.455. The van der Waals surface area contributed by atoms with Gasteiger partial charge in [0, 0.05) is 18.3 Å². The molecular weight excluding hydrogens is 316 g/mol. The number of pyridine rings is 1. The first-order chi connectivity index (χ1) is 9.47. The van der Waals surface area contributed by atoms with E-state index in [1.165, 1.54) is 32.2 Å². The second kappa shape index (κ2) is 6.07. The molecular formula is C11H16N4O4S2. The molecule has 0 bridgehead atoms. The van der Waals surface area contributed by atoms with E-state index in [9.17, 15) is 16.8 Å². The van der Waals surface area contributed by atoms with E-state index in [4.69, 9.17) is 5.26 Å². The van der Waals surface area contributed by atoms with Crippen LogP contribution in [0, 0.1) is 11.3 Å². The molecule has 1 heterocycles. The second-order valence-electron chi connectivity index (χ2n) is 5.04. The molecule has 1 rings (SSSR count). The SMILES string of the molecule is CC(C)(CNS(=O)(=O)c1cccnc1C#N)NS(C)(=O)=O. The van der Waals surface area contributed by atoms with Gasteiger partial charge >= 0.3 is 0 Å². The van der Waals surface area contributed by atoms with Gasteiger partial charge in [-0.15, -0.1) is 0 Å². The minimum atomic E-state index is -3.96. The minimum absolute atomic E-state index is 0.178. The van der Waals surface area contributed by atoms with Gasteiger partial charge < -0.3 is 0 Å². The van der Waals surface area contributed by atoms with E-state index < -0.39 is 25.6 Å². The van der Waals surface area contributed by atoms with E-state index >= 15 is 0 Å². The molecule has 0 amide bonds. The molecule has 0 spiro atoms. The number of nitrogens with zero attached hydrogens (tertiary/aromatic N) is 2. The van der Waals surface area contributed by atoms with Gasteiger partial charge in [-0.3, -0.25) is 0 Å². The molecule has 0 unspecified atom stereocenters. The number of aromatic nitrogens is 1. The summed E-state index contributed by atoms with van der Waals surface area (Å²) in [6.07, 6.45) is 2.30. The normalized spacial score (nSPS) is 12.9. The Bertz CT molecular complexity index is 764. The largest absolute Gasteiger partial charge is 0.244 e. The van der Waals surface area contributed by atoms with Crippen molar-refractivity contribution in [2.45, 2.75) is 24.3 Å². The van der Waals surface area contributed by atoms with Crippen LogP contribution in [0.15, 0.2) is 23.2 Å². The van der Waals surface area contributed by atoms with E-state index in [-0.39, 0.29) is 17.1 Å². The monoisotopic (exact) mass is 332 g/mol. The zero-order chi connectivity index (χ0) is 16.3. The van der Waals surface area contributed by atoms with Crippen LogP contribution in [0.3, 0.4) is 0 Å². The quantitative estimate of drug-likeness (QED) is 0.726. The number of nitrogens with one attached hydrogen (secondary N) is 2. The lowest BCUT2D eigenvalue weighted by molar-refractivity contribution is 0.446. The molecule has 0 aliphatic rings. The molecule has 2 N–H and O–H groups in total. The van der Waals surface area contributed by atoms with E-state index in [1.807, 2.05) is 0 Å². The first-order valence-electron chi connectivity index (χ1n) is 5.81. The first kappa shape index (κ1) is 17.5. The molecule has 10 heteroatoms. The number of rotatable bonds is 6. The predicted octanol–water partition coefficient (Wildman–Crippen LogP) is -0.441. The first-order valence-corrected chi connectivity index (χ1v) is 9.18. The fourth-order valence-corrected chi connectivity index (χ4v) is 3.98. The molecule has 8 nitrogen and oxygen atoms in total. The van der Waals surface area contributed by atoms with Crippen molar-refractivity contribution in [1.82, 2.24) is 14.4 Å². The summed E-state index contributed by atoms with van der Waals surface area (Å²) < 4.78 is 51.3. The molecule has 0 fully saturated rings. The van der Waals surface area contributed by atoms with Gasteiger partial charge in [0.25, 0.3) is 0 Å². The Morgan fingerprint density at radius 1 is 1.33 bits per heavy atom. The lowest BCUT2D eigenvalue weighted by Crippen LogP contribution is -2.51. The van der Waals surface area contributed by atoms with Crippen molar-refractivity contribution in [3.8, 4) is 6.07 Å². The minimum Gasteiger partial charge on any atom is -0.244 e. The highest BCUT2D eigenvalue weighted by molar-refractivity contribution is 7.89. The van der Waals surface area contributed by atoms with Gasteiger partial charge in [0.05, 0.1) is 6.26 Å². The van der Waals surface area contributed by atoms with Crippen molar-refractivity contribution in [1.29, 1.82) is 5.26 Å². The van der Waals surface area contributed by atoms with Crippen molar-refractivity contribution in [2.75, 3.05) is 12.8 Å². The van der Waals surface area contributed by atoms with Crippen molar-refractivity contribution in [3.05, 3.63) is 24.0 Å².